The molecule has 10 heteroatoms. The zero-order valence-corrected chi connectivity index (χ0v) is 22.5. The molecule has 3 aromatic carbocycles. The van der Waals surface area contributed by atoms with E-state index in [1.807, 2.05) is 30.3 Å². The van der Waals surface area contributed by atoms with Gasteiger partial charge in [0.25, 0.3) is 10.0 Å². The summed E-state index contributed by atoms with van der Waals surface area (Å²) in [4.78, 5) is 13.2. The van der Waals surface area contributed by atoms with Gasteiger partial charge in [0.1, 0.15) is 16.6 Å². The van der Waals surface area contributed by atoms with Crippen molar-refractivity contribution in [2.75, 3.05) is 6.54 Å². The van der Waals surface area contributed by atoms with Crippen LogP contribution in [0.15, 0.2) is 83.1 Å². The van der Waals surface area contributed by atoms with Crippen LogP contribution in [0.4, 0.5) is 13.2 Å². The van der Waals surface area contributed by atoms with Gasteiger partial charge in [0.15, 0.2) is 5.78 Å². The van der Waals surface area contributed by atoms with Gasteiger partial charge in [-0.2, -0.15) is 17.5 Å². The summed E-state index contributed by atoms with van der Waals surface area (Å²) >= 11 is 1.22. The maximum absolute atomic E-state index is 13.4. The first-order valence-corrected chi connectivity index (χ1v) is 14.8. The molecule has 4 aromatic rings. The molecular formula is C29H26F3NO4S2. The normalized spacial score (nSPS) is 16.5. The summed E-state index contributed by atoms with van der Waals surface area (Å²) in [5, 5.41) is 0.864. The number of aryl methyl sites for hydroxylation is 1. The highest BCUT2D eigenvalue weighted by Gasteiger charge is 2.39. The Morgan fingerprint density at radius 2 is 1.74 bits per heavy atom. The molecule has 1 aromatic heterocycles. The van der Waals surface area contributed by atoms with Crippen molar-refractivity contribution >= 4 is 37.2 Å². The van der Waals surface area contributed by atoms with E-state index in [1.165, 1.54) is 27.8 Å². The number of ether oxygens (including phenoxy) is 1. The van der Waals surface area contributed by atoms with Crippen LogP contribution in [0.5, 0.6) is 5.75 Å². The molecule has 1 fully saturated rings. The summed E-state index contributed by atoms with van der Waals surface area (Å²) in [5.74, 6) is 0.419. The van der Waals surface area contributed by atoms with Crippen LogP contribution in [0.1, 0.15) is 36.0 Å². The summed E-state index contributed by atoms with van der Waals surface area (Å²) in [6, 6.07) is 20.5. The van der Waals surface area contributed by atoms with Crippen LogP contribution in [-0.4, -0.2) is 31.1 Å². The lowest BCUT2D eigenvalue weighted by Crippen LogP contribution is -2.40. The molecule has 1 saturated heterocycles. The molecule has 204 valence electrons. The summed E-state index contributed by atoms with van der Waals surface area (Å²) in [7, 11) is -3.78. The van der Waals surface area contributed by atoms with Gasteiger partial charge in [0, 0.05) is 17.7 Å². The molecule has 5 nitrogen and oxygen atoms in total. The van der Waals surface area contributed by atoms with E-state index in [1.54, 1.807) is 24.3 Å². The number of nitrogens with zero attached hydrogens (tertiary/aromatic N) is 1. The van der Waals surface area contributed by atoms with Gasteiger partial charge in [0.05, 0.1) is 11.6 Å². The fourth-order valence-electron chi connectivity index (χ4n) is 4.73. The van der Waals surface area contributed by atoms with Gasteiger partial charge in [-0.15, -0.1) is 11.3 Å². The average molecular weight is 574 g/mol. The number of fused-ring (bicyclic) bond motifs is 1. The molecular weight excluding hydrogens is 547 g/mol. The fourth-order valence-corrected chi connectivity index (χ4v) is 7.94. The first kappa shape index (κ1) is 27.4. The number of hydrogen-bond acceptors (Lipinski definition) is 5. The van der Waals surface area contributed by atoms with Crippen molar-refractivity contribution in [3.8, 4) is 5.75 Å². The second-order valence-electron chi connectivity index (χ2n) is 9.47. The van der Waals surface area contributed by atoms with E-state index in [0.29, 0.717) is 37.1 Å². The number of carbonyl (C=O) groups is 1. The third-order valence-corrected chi connectivity index (χ3v) is 10.3. The third kappa shape index (κ3) is 6.18. The minimum Gasteiger partial charge on any atom is -0.489 e. The van der Waals surface area contributed by atoms with Gasteiger partial charge in [-0.25, -0.2) is 8.42 Å². The Hall–Kier alpha value is -3.21. The molecule has 0 aliphatic carbocycles. The Labute approximate surface area is 228 Å². The number of carbonyl (C=O) groups excluding carboxylic acids is 1. The number of rotatable bonds is 9. The van der Waals surface area contributed by atoms with Crippen LogP contribution in [0.3, 0.4) is 0 Å². The standard InChI is InChI=1S/C29H26F3NO4S2/c30-29(31,32)23-13-10-21(11-14-23)19-37-24-7-3-5-20(17-24)12-15-26(34)25-8-4-16-33(25)39(35,36)28-18-22-6-1-2-9-27(22)38-28/h1-3,5-7,9-11,13-14,17-18,25H,4,8,12,15-16,19H2/t25-/m0/s1. The summed E-state index contributed by atoms with van der Waals surface area (Å²) < 4.78 is 73.3. The van der Waals surface area contributed by atoms with E-state index in [9.17, 15) is 26.4 Å². The Balaban J connectivity index is 1.20. The average Bonchev–Trinajstić information content (AvgIpc) is 3.59. The predicted molar refractivity (Wildman–Crippen MR) is 144 cm³/mol. The Bertz CT molecular complexity index is 1550. The van der Waals surface area contributed by atoms with E-state index in [-0.39, 0.29) is 23.0 Å². The maximum atomic E-state index is 13.4. The maximum Gasteiger partial charge on any atom is 0.416 e. The molecule has 0 N–H and O–H groups in total. The minimum absolute atomic E-state index is 0.104. The highest BCUT2D eigenvalue weighted by atomic mass is 32.2. The first-order valence-electron chi connectivity index (χ1n) is 12.5. The van der Waals surface area contributed by atoms with Crippen LogP contribution in [0.25, 0.3) is 10.1 Å². The lowest BCUT2D eigenvalue weighted by atomic mass is 10.0. The topological polar surface area (TPSA) is 63.7 Å². The molecule has 0 spiro atoms. The van der Waals surface area contributed by atoms with E-state index < -0.39 is 27.8 Å². The highest BCUT2D eigenvalue weighted by Crippen LogP contribution is 2.34. The lowest BCUT2D eigenvalue weighted by molar-refractivity contribution is -0.137. The Morgan fingerprint density at radius 3 is 2.49 bits per heavy atom. The monoisotopic (exact) mass is 573 g/mol. The number of benzene rings is 3. The van der Waals surface area contributed by atoms with Crippen molar-refractivity contribution in [3.63, 3.8) is 0 Å². The SMILES string of the molecule is O=C(CCc1cccc(OCc2ccc(C(F)(F)F)cc2)c1)[C@@H]1CCCN1S(=O)(=O)c1cc2ccccc2s1. The van der Waals surface area contributed by atoms with Crippen molar-refractivity contribution < 1.29 is 31.1 Å². The van der Waals surface area contributed by atoms with Crippen molar-refractivity contribution in [1.82, 2.24) is 4.31 Å². The predicted octanol–water partition coefficient (Wildman–Crippen LogP) is 6.85. The smallest absolute Gasteiger partial charge is 0.416 e. The van der Waals surface area contributed by atoms with Gasteiger partial charge in [-0.1, -0.05) is 42.5 Å². The highest BCUT2D eigenvalue weighted by molar-refractivity contribution is 7.91. The molecule has 0 bridgehead atoms. The lowest BCUT2D eigenvalue weighted by Gasteiger charge is -2.22. The number of ketones is 1. The molecule has 0 amide bonds. The number of alkyl halides is 3. The van der Waals surface area contributed by atoms with Crippen LogP contribution in [0, 0.1) is 0 Å². The minimum atomic E-state index is -4.39. The molecule has 5 rings (SSSR count). The number of hydrogen-bond donors (Lipinski definition) is 0. The zero-order valence-electron chi connectivity index (χ0n) is 20.9. The van der Waals surface area contributed by atoms with E-state index >= 15 is 0 Å². The molecule has 1 atom stereocenters. The number of thiophene rings is 1. The van der Waals surface area contributed by atoms with Crippen LogP contribution >= 0.6 is 11.3 Å². The zero-order chi connectivity index (χ0) is 27.6. The molecule has 2 heterocycles. The number of halogens is 3. The van der Waals surface area contributed by atoms with E-state index in [2.05, 4.69) is 0 Å². The fraction of sp³-hybridized carbons (Fsp3) is 0.276. The van der Waals surface area contributed by atoms with Crippen molar-refractivity contribution in [2.24, 2.45) is 0 Å². The van der Waals surface area contributed by atoms with Gasteiger partial charge < -0.3 is 4.74 Å². The largest absolute Gasteiger partial charge is 0.489 e. The number of sulfonamides is 1. The molecule has 39 heavy (non-hydrogen) atoms. The van der Waals surface area contributed by atoms with Crippen LogP contribution in [0.2, 0.25) is 0 Å². The third-order valence-electron chi connectivity index (χ3n) is 6.79. The molecule has 0 unspecified atom stereocenters. The van der Waals surface area contributed by atoms with Crippen molar-refractivity contribution in [2.45, 2.75) is 48.7 Å². The molecule has 1 aliphatic heterocycles. The van der Waals surface area contributed by atoms with Gasteiger partial charge in [-0.3, -0.25) is 4.79 Å². The van der Waals surface area contributed by atoms with E-state index in [4.69, 9.17) is 4.74 Å². The summed E-state index contributed by atoms with van der Waals surface area (Å²) in [5.41, 5.74) is 0.741. The first-order chi connectivity index (χ1) is 18.6. The van der Waals surface area contributed by atoms with Crippen LogP contribution in [-0.2, 0) is 34.0 Å². The quantitative estimate of drug-likeness (QED) is 0.220. The summed E-state index contributed by atoms with van der Waals surface area (Å²) in [6.45, 7) is 0.424. The second-order valence-corrected chi connectivity index (χ2v) is 12.7. The van der Waals surface area contributed by atoms with Crippen molar-refractivity contribution in [1.29, 1.82) is 0 Å². The van der Waals surface area contributed by atoms with Crippen molar-refractivity contribution in [3.05, 3.63) is 95.6 Å². The molecule has 1 aliphatic rings. The number of Topliss-reactive ketones (excluding diaryl/α,β-unsaturated/α-hetero) is 1. The van der Waals surface area contributed by atoms with Gasteiger partial charge in [0.2, 0.25) is 0 Å². The van der Waals surface area contributed by atoms with Gasteiger partial charge >= 0.3 is 6.18 Å². The van der Waals surface area contributed by atoms with E-state index in [0.717, 1.165) is 27.8 Å². The van der Waals surface area contributed by atoms with Crippen LogP contribution < -0.4 is 4.74 Å². The Kier molecular flexibility index (Phi) is 7.80. The second kappa shape index (κ2) is 11.1. The molecule has 0 radical (unpaired) electrons. The molecule has 0 saturated carbocycles. The van der Waals surface area contributed by atoms with Gasteiger partial charge in [-0.05, 0) is 72.2 Å². The Morgan fingerprint density at radius 1 is 0.974 bits per heavy atom. The summed E-state index contributed by atoms with van der Waals surface area (Å²) in [6.07, 6.45) is -2.65.